The zero-order chi connectivity index (χ0) is 11.1. The highest BCUT2D eigenvalue weighted by atomic mass is 79.9. The van der Waals surface area contributed by atoms with E-state index in [0.29, 0.717) is 0 Å². The van der Waals surface area contributed by atoms with Gasteiger partial charge in [0.05, 0.1) is 3.79 Å². The second kappa shape index (κ2) is 7.90. The van der Waals surface area contributed by atoms with E-state index in [-0.39, 0.29) is 0 Å². The molecule has 0 amide bonds. The zero-order valence-corrected chi connectivity index (χ0v) is 13.1. The van der Waals surface area contributed by atoms with E-state index in [4.69, 9.17) is 0 Å². The molecule has 5 heteroatoms. The molecule has 0 saturated heterocycles. The first-order valence-corrected chi connectivity index (χ1v) is 8.13. The highest BCUT2D eigenvalue weighted by Crippen LogP contribution is 2.32. The van der Waals surface area contributed by atoms with Crippen molar-refractivity contribution in [3.8, 4) is 0 Å². The van der Waals surface area contributed by atoms with Gasteiger partial charge in [0.25, 0.3) is 0 Å². The standard InChI is InChI=1S/C10H13Br2NS2/c1-2-4-14-5-3-13-7-8-6-9(11)10(12)15-8/h2,6,13H,1,3-5,7H2. The predicted octanol–water partition coefficient (Wildman–Crippen LogP) is 4.28. The molecule has 0 aliphatic heterocycles. The first-order chi connectivity index (χ1) is 7.24. The van der Waals surface area contributed by atoms with E-state index >= 15 is 0 Å². The number of hydrogen-bond donors (Lipinski definition) is 1. The summed E-state index contributed by atoms with van der Waals surface area (Å²) < 4.78 is 2.31. The van der Waals surface area contributed by atoms with Gasteiger partial charge in [0, 0.05) is 33.9 Å². The summed E-state index contributed by atoms with van der Waals surface area (Å²) in [5, 5.41) is 3.41. The Morgan fingerprint density at radius 3 is 2.93 bits per heavy atom. The predicted molar refractivity (Wildman–Crippen MR) is 78.9 cm³/mol. The van der Waals surface area contributed by atoms with Crippen LogP contribution in [0.4, 0.5) is 0 Å². The number of hydrogen-bond acceptors (Lipinski definition) is 3. The summed E-state index contributed by atoms with van der Waals surface area (Å²) in [6.07, 6.45) is 1.94. The number of nitrogens with one attached hydrogen (secondary N) is 1. The van der Waals surface area contributed by atoms with Crippen LogP contribution in [0.1, 0.15) is 4.88 Å². The van der Waals surface area contributed by atoms with Crippen molar-refractivity contribution in [3.05, 3.63) is 31.9 Å². The average molecular weight is 371 g/mol. The fraction of sp³-hybridized carbons (Fsp3) is 0.400. The first kappa shape index (κ1) is 13.8. The van der Waals surface area contributed by atoms with E-state index in [0.717, 1.165) is 29.1 Å². The second-order valence-corrected chi connectivity index (χ2v) is 7.33. The van der Waals surface area contributed by atoms with Crippen molar-refractivity contribution >= 4 is 55.0 Å². The molecule has 0 aromatic carbocycles. The monoisotopic (exact) mass is 369 g/mol. The molecule has 1 aromatic heterocycles. The molecule has 0 unspecified atom stereocenters. The number of rotatable bonds is 7. The minimum Gasteiger partial charge on any atom is -0.311 e. The Morgan fingerprint density at radius 2 is 2.33 bits per heavy atom. The lowest BCUT2D eigenvalue weighted by molar-refractivity contribution is 0.741. The number of thioether (sulfide) groups is 1. The van der Waals surface area contributed by atoms with Gasteiger partial charge in [0.15, 0.2) is 0 Å². The quantitative estimate of drug-likeness (QED) is 0.567. The third kappa shape index (κ3) is 5.54. The Balaban J connectivity index is 2.12. The minimum absolute atomic E-state index is 0.948. The highest BCUT2D eigenvalue weighted by molar-refractivity contribution is 9.13. The van der Waals surface area contributed by atoms with Gasteiger partial charge in [0.2, 0.25) is 0 Å². The minimum atomic E-state index is 0.948. The molecule has 0 bridgehead atoms. The van der Waals surface area contributed by atoms with Gasteiger partial charge in [-0.15, -0.1) is 17.9 Å². The molecule has 1 rings (SSSR count). The maximum absolute atomic E-state index is 3.69. The molecule has 0 fully saturated rings. The van der Waals surface area contributed by atoms with Crippen molar-refractivity contribution in [1.82, 2.24) is 5.32 Å². The maximum Gasteiger partial charge on any atom is 0.0843 e. The van der Waals surface area contributed by atoms with Crippen molar-refractivity contribution in [2.24, 2.45) is 0 Å². The van der Waals surface area contributed by atoms with Crippen LogP contribution in [-0.2, 0) is 6.54 Å². The third-order valence-corrected chi connectivity index (χ3v) is 5.87. The van der Waals surface area contributed by atoms with Gasteiger partial charge in [0.1, 0.15) is 0 Å². The van der Waals surface area contributed by atoms with Crippen LogP contribution in [0.3, 0.4) is 0 Å². The van der Waals surface area contributed by atoms with Gasteiger partial charge in [-0.3, -0.25) is 0 Å². The molecule has 0 spiro atoms. The summed E-state index contributed by atoms with van der Waals surface area (Å²) in [5.74, 6) is 2.18. The molecule has 1 nitrogen and oxygen atoms in total. The molecule has 1 heterocycles. The van der Waals surface area contributed by atoms with Crippen LogP contribution >= 0.6 is 55.0 Å². The molecule has 1 aromatic rings. The maximum atomic E-state index is 3.69. The SMILES string of the molecule is C=CCSCCNCc1cc(Br)c(Br)s1. The zero-order valence-electron chi connectivity index (χ0n) is 8.26. The van der Waals surface area contributed by atoms with E-state index in [2.05, 4.69) is 49.8 Å². The van der Waals surface area contributed by atoms with Gasteiger partial charge in [-0.2, -0.15) is 11.8 Å². The lowest BCUT2D eigenvalue weighted by Crippen LogP contribution is -2.15. The van der Waals surface area contributed by atoms with E-state index in [9.17, 15) is 0 Å². The summed E-state index contributed by atoms with van der Waals surface area (Å²) in [6.45, 7) is 5.68. The smallest absolute Gasteiger partial charge is 0.0843 e. The summed E-state index contributed by atoms with van der Waals surface area (Å²) in [7, 11) is 0. The van der Waals surface area contributed by atoms with Crippen molar-refractivity contribution in [2.45, 2.75) is 6.54 Å². The molecule has 0 aliphatic rings. The fourth-order valence-corrected chi connectivity index (χ4v) is 3.77. The van der Waals surface area contributed by atoms with Crippen molar-refractivity contribution in [3.63, 3.8) is 0 Å². The van der Waals surface area contributed by atoms with Gasteiger partial charge < -0.3 is 5.32 Å². The second-order valence-electron chi connectivity index (χ2n) is 2.87. The fourth-order valence-electron chi connectivity index (χ4n) is 1.00. The Labute approximate surface area is 116 Å². The molecule has 0 aliphatic carbocycles. The summed E-state index contributed by atoms with van der Waals surface area (Å²) in [6, 6.07) is 2.15. The largest absolute Gasteiger partial charge is 0.311 e. The molecule has 0 saturated carbocycles. The normalized spacial score (nSPS) is 10.5. The summed E-state index contributed by atoms with van der Waals surface area (Å²) in [5.41, 5.74) is 0. The van der Waals surface area contributed by atoms with Crippen molar-refractivity contribution < 1.29 is 0 Å². The lowest BCUT2D eigenvalue weighted by Gasteiger charge is -2.01. The topological polar surface area (TPSA) is 12.0 Å². The Kier molecular flexibility index (Phi) is 7.25. The molecular formula is C10H13Br2NS2. The number of thiophene rings is 1. The van der Waals surface area contributed by atoms with E-state index in [1.165, 1.54) is 8.66 Å². The summed E-state index contributed by atoms with van der Waals surface area (Å²) in [4.78, 5) is 1.35. The van der Waals surface area contributed by atoms with Crippen LogP contribution in [0.15, 0.2) is 27.0 Å². The van der Waals surface area contributed by atoms with Crippen LogP contribution in [-0.4, -0.2) is 18.1 Å². The Bertz CT molecular complexity index is 293. The van der Waals surface area contributed by atoms with Gasteiger partial charge in [-0.05, 0) is 37.9 Å². The molecule has 84 valence electrons. The van der Waals surface area contributed by atoms with Crippen molar-refractivity contribution in [1.29, 1.82) is 0 Å². The van der Waals surface area contributed by atoms with Crippen LogP contribution in [0.5, 0.6) is 0 Å². The summed E-state index contributed by atoms with van der Waals surface area (Å²) >= 11 is 10.6. The van der Waals surface area contributed by atoms with Crippen LogP contribution < -0.4 is 5.32 Å². The molecule has 15 heavy (non-hydrogen) atoms. The van der Waals surface area contributed by atoms with Gasteiger partial charge in [-0.25, -0.2) is 0 Å². The number of halogens is 2. The lowest BCUT2D eigenvalue weighted by atomic mass is 10.4. The average Bonchev–Trinajstić information content (AvgIpc) is 2.52. The van der Waals surface area contributed by atoms with E-state index in [1.54, 1.807) is 11.3 Å². The molecular weight excluding hydrogens is 358 g/mol. The van der Waals surface area contributed by atoms with Crippen molar-refractivity contribution in [2.75, 3.05) is 18.1 Å². The first-order valence-electron chi connectivity index (χ1n) is 4.57. The Morgan fingerprint density at radius 1 is 1.53 bits per heavy atom. The molecule has 0 atom stereocenters. The van der Waals surface area contributed by atoms with Crippen LogP contribution in [0, 0.1) is 0 Å². The van der Waals surface area contributed by atoms with Crippen LogP contribution in [0.2, 0.25) is 0 Å². The van der Waals surface area contributed by atoms with Gasteiger partial charge in [-0.1, -0.05) is 6.08 Å². The van der Waals surface area contributed by atoms with E-state index < -0.39 is 0 Å². The van der Waals surface area contributed by atoms with Crippen LogP contribution in [0.25, 0.3) is 0 Å². The Hall–Kier alpha value is 0.710. The molecule has 0 radical (unpaired) electrons. The van der Waals surface area contributed by atoms with E-state index in [1.807, 2.05) is 17.8 Å². The van der Waals surface area contributed by atoms with Gasteiger partial charge >= 0.3 is 0 Å². The molecule has 1 N–H and O–H groups in total. The highest BCUT2D eigenvalue weighted by Gasteiger charge is 2.02. The third-order valence-electron chi connectivity index (χ3n) is 1.65.